The molecule has 3 aromatic rings. The summed E-state index contributed by atoms with van der Waals surface area (Å²) in [6.07, 6.45) is 1.21. The highest BCUT2D eigenvalue weighted by molar-refractivity contribution is 6.10. The molecule has 1 heterocycles. The van der Waals surface area contributed by atoms with Crippen LogP contribution >= 0.6 is 0 Å². The fourth-order valence-corrected chi connectivity index (χ4v) is 5.12. The molecule has 0 fully saturated rings. The molecule has 0 bridgehead atoms. The molecule has 0 aromatic heterocycles. The minimum absolute atomic E-state index is 0.0537. The van der Waals surface area contributed by atoms with Gasteiger partial charge in [0, 0.05) is 28.8 Å². The van der Waals surface area contributed by atoms with E-state index in [0.29, 0.717) is 34.6 Å². The number of Topliss-reactive ketones (excluding diaryl/α,β-unsaturated/α-hetero) is 1. The molecular formula is C30H30N2O4. The summed E-state index contributed by atoms with van der Waals surface area (Å²) in [5.41, 5.74) is 5.15. The number of carbonyl (C=O) groups excluding carboxylic acids is 2. The second-order valence-corrected chi connectivity index (χ2v) is 10.1. The second kappa shape index (κ2) is 9.19. The molecular weight excluding hydrogens is 452 g/mol. The van der Waals surface area contributed by atoms with E-state index in [0.717, 1.165) is 29.1 Å². The third-order valence-corrected chi connectivity index (χ3v) is 6.85. The normalized spacial score (nSPS) is 18.2. The van der Waals surface area contributed by atoms with Crippen LogP contribution in [0.3, 0.4) is 0 Å². The number of methoxy groups -OCH3 is 2. The smallest absolute Gasteiger partial charge is 0.193 e. The standard InChI is InChI=1S/C30H30N2O4/c1-30(2)16-23-27(24(33)17-30)28(19-11-13-25(35-3)26(15-19)36-4)32-22-14-20(10-12-21(22)31-23)29(34)18-8-6-5-7-9-18/h5-15,28,31-32H,16-17H2,1-4H3/t28-/m0/s1. The van der Waals surface area contributed by atoms with Gasteiger partial charge in [0.05, 0.1) is 31.6 Å². The number of rotatable bonds is 5. The van der Waals surface area contributed by atoms with Gasteiger partial charge in [-0.2, -0.15) is 0 Å². The zero-order chi connectivity index (χ0) is 25.4. The number of nitrogens with one attached hydrogen (secondary N) is 2. The van der Waals surface area contributed by atoms with E-state index in [1.54, 1.807) is 14.2 Å². The first-order chi connectivity index (χ1) is 17.3. The van der Waals surface area contributed by atoms with Crippen LogP contribution in [0.1, 0.15) is 54.2 Å². The molecule has 1 aliphatic heterocycles. The number of benzene rings is 3. The average Bonchev–Trinajstić information content (AvgIpc) is 3.03. The lowest BCUT2D eigenvalue weighted by molar-refractivity contribution is -0.118. The van der Waals surface area contributed by atoms with E-state index < -0.39 is 6.04 Å². The Balaban J connectivity index is 1.62. The number of fused-ring (bicyclic) bond motifs is 1. The number of ketones is 2. The third-order valence-electron chi connectivity index (χ3n) is 6.85. The van der Waals surface area contributed by atoms with Gasteiger partial charge in [-0.1, -0.05) is 50.2 Å². The summed E-state index contributed by atoms with van der Waals surface area (Å²) in [6, 6.07) is 20.1. The maximum atomic E-state index is 13.5. The van der Waals surface area contributed by atoms with Crippen LogP contribution in [-0.4, -0.2) is 25.8 Å². The molecule has 5 rings (SSSR count). The van der Waals surface area contributed by atoms with Crippen molar-refractivity contribution >= 4 is 22.9 Å². The van der Waals surface area contributed by atoms with E-state index in [2.05, 4.69) is 24.5 Å². The van der Waals surface area contributed by atoms with Gasteiger partial charge < -0.3 is 20.1 Å². The van der Waals surface area contributed by atoms with Crippen molar-refractivity contribution in [1.29, 1.82) is 0 Å². The lowest BCUT2D eigenvalue weighted by Crippen LogP contribution is -2.31. The van der Waals surface area contributed by atoms with Crippen molar-refractivity contribution in [3.8, 4) is 11.5 Å². The van der Waals surface area contributed by atoms with Crippen molar-refractivity contribution in [1.82, 2.24) is 0 Å². The predicted octanol–water partition coefficient (Wildman–Crippen LogP) is 6.16. The largest absolute Gasteiger partial charge is 0.493 e. The molecule has 3 aromatic carbocycles. The molecule has 2 N–H and O–H groups in total. The molecule has 184 valence electrons. The van der Waals surface area contributed by atoms with E-state index in [-0.39, 0.29) is 17.0 Å². The van der Waals surface area contributed by atoms with Crippen LogP contribution in [0.25, 0.3) is 0 Å². The monoisotopic (exact) mass is 482 g/mol. The lowest BCUT2D eigenvalue weighted by Gasteiger charge is -2.34. The zero-order valence-corrected chi connectivity index (χ0v) is 21.0. The van der Waals surface area contributed by atoms with E-state index in [4.69, 9.17) is 9.47 Å². The summed E-state index contributed by atoms with van der Waals surface area (Å²) in [5, 5.41) is 7.11. The third kappa shape index (κ3) is 4.35. The topological polar surface area (TPSA) is 76.7 Å². The van der Waals surface area contributed by atoms with Gasteiger partial charge >= 0.3 is 0 Å². The highest BCUT2D eigenvalue weighted by atomic mass is 16.5. The Bertz CT molecular complexity index is 1370. The molecule has 0 saturated carbocycles. The fourth-order valence-electron chi connectivity index (χ4n) is 5.12. The minimum atomic E-state index is -0.417. The van der Waals surface area contributed by atoms with Crippen LogP contribution in [-0.2, 0) is 4.79 Å². The summed E-state index contributed by atoms with van der Waals surface area (Å²) < 4.78 is 11.0. The molecule has 0 amide bonds. The van der Waals surface area contributed by atoms with Crippen LogP contribution in [0, 0.1) is 5.41 Å². The highest BCUT2D eigenvalue weighted by Crippen LogP contribution is 2.46. The molecule has 0 spiro atoms. The molecule has 0 unspecified atom stereocenters. The van der Waals surface area contributed by atoms with Crippen LogP contribution < -0.4 is 20.1 Å². The number of ether oxygens (including phenoxy) is 2. The molecule has 0 saturated heterocycles. The van der Waals surface area contributed by atoms with Gasteiger partial charge in [0.2, 0.25) is 0 Å². The van der Waals surface area contributed by atoms with Gasteiger partial charge in [0.1, 0.15) is 0 Å². The molecule has 1 atom stereocenters. The first kappa shape index (κ1) is 23.7. The quantitative estimate of drug-likeness (QED) is 0.425. The summed E-state index contributed by atoms with van der Waals surface area (Å²) >= 11 is 0. The molecule has 6 nitrogen and oxygen atoms in total. The number of hydrogen-bond acceptors (Lipinski definition) is 6. The van der Waals surface area contributed by atoms with Crippen molar-refractivity contribution in [2.75, 3.05) is 24.9 Å². The number of hydrogen-bond donors (Lipinski definition) is 2. The van der Waals surface area contributed by atoms with Gasteiger partial charge in [-0.3, -0.25) is 9.59 Å². The minimum Gasteiger partial charge on any atom is -0.493 e. The molecule has 0 radical (unpaired) electrons. The summed E-state index contributed by atoms with van der Waals surface area (Å²) in [6.45, 7) is 4.23. The average molecular weight is 483 g/mol. The highest BCUT2D eigenvalue weighted by Gasteiger charge is 2.39. The SMILES string of the molecule is COc1ccc([C@@H]2Nc3cc(C(=O)c4ccccc4)ccc3NC3=C2C(=O)CC(C)(C)C3)cc1OC. The van der Waals surface area contributed by atoms with E-state index >= 15 is 0 Å². The maximum Gasteiger partial charge on any atom is 0.193 e. The van der Waals surface area contributed by atoms with Gasteiger partial charge in [0.15, 0.2) is 23.1 Å². The Morgan fingerprint density at radius 1 is 0.861 bits per heavy atom. The summed E-state index contributed by atoms with van der Waals surface area (Å²) in [7, 11) is 3.19. The van der Waals surface area contributed by atoms with Crippen molar-refractivity contribution in [3.05, 3.63) is 94.7 Å². The van der Waals surface area contributed by atoms with Crippen molar-refractivity contribution in [3.63, 3.8) is 0 Å². The predicted molar refractivity (Wildman–Crippen MR) is 141 cm³/mol. The van der Waals surface area contributed by atoms with E-state index in [1.165, 1.54) is 0 Å². The van der Waals surface area contributed by atoms with Crippen LogP contribution in [0.4, 0.5) is 11.4 Å². The first-order valence-corrected chi connectivity index (χ1v) is 12.0. The van der Waals surface area contributed by atoms with Gasteiger partial charge in [0.25, 0.3) is 0 Å². The van der Waals surface area contributed by atoms with Gasteiger partial charge in [-0.05, 0) is 47.7 Å². The zero-order valence-electron chi connectivity index (χ0n) is 21.0. The van der Waals surface area contributed by atoms with Crippen LogP contribution in [0.2, 0.25) is 0 Å². The molecule has 2 aliphatic rings. The van der Waals surface area contributed by atoms with Crippen LogP contribution in [0.5, 0.6) is 11.5 Å². The van der Waals surface area contributed by atoms with Gasteiger partial charge in [-0.25, -0.2) is 0 Å². The van der Waals surface area contributed by atoms with Crippen molar-refractivity contribution in [2.45, 2.75) is 32.7 Å². The van der Waals surface area contributed by atoms with Crippen molar-refractivity contribution < 1.29 is 19.1 Å². The van der Waals surface area contributed by atoms with Crippen LogP contribution in [0.15, 0.2) is 78.0 Å². The molecule has 36 heavy (non-hydrogen) atoms. The van der Waals surface area contributed by atoms with E-state index in [1.807, 2.05) is 66.7 Å². The Morgan fingerprint density at radius 3 is 2.33 bits per heavy atom. The first-order valence-electron chi connectivity index (χ1n) is 12.0. The number of carbonyl (C=O) groups is 2. The Morgan fingerprint density at radius 2 is 1.61 bits per heavy atom. The molecule has 1 aliphatic carbocycles. The van der Waals surface area contributed by atoms with Gasteiger partial charge in [-0.15, -0.1) is 0 Å². The Hall–Kier alpha value is -4.06. The van der Waals surface area contributed by atoms with Crippen molar-refractivity contribution in [2.24, 2.45) is 5.41 Å². The second-order valence-electron chi connectivity index (χ2n) is 10.1. The maximum absolute atomic E-state index is 13.5. The Labute approximate surface area is 211 Å². The summed E-state index contributed by atoms with van der Waals surface area (Å²) in [5.74, 6) is 1.26. The van der Waals surface area contributed by atoms with E-state index in [9.17, 15) is 9.59 Å². The Kier molecular flexibility index (Phi) is 6.04. The number of allylic oxidation sites excluding steroid dienone is 1. The fraction of sp³-hybridized carbons (Fsp3) is 0.267. The number of anilines is 2. The molecule has 6 heteroatoms. The summed E-state index contributed by atoms with van der Waals surface area (Å²) in [4.78, 5) is 26.7. The lowest BCUT2D eigenvalue weighted by atomic mass is 9.73.